The Morgan fingerprint density at radius 3 is 2.42 bits per heavy atom. The number of aromatic nitrogens is 4. The molecule has 1 N–H and O–H groups in total. The molecule has 0 saturated heterocycles. The molecule has 10 heteroatoms. The molecule has 24 heavy (non-hydrogen) atoms. The molecule has 0 amide bonds. The quantitative estimate of drug-likeness (QED) is 0.821. The molecule has 0 saturated carbocycles. The molecule has 0 aliphatic rings. The molecule has 0 aliphatic heterocycles. The fourth-order valence-corrected chi connectivity index (χ4v) is 3.74. The lowest BCUT2D eigenvalue weighted by Crippen LogP contribution is -2.27. The second-order valence-corrected chi connectivity index (χ2v) is 7.48. The van der Waals surface area contributed by atoms with Crippen molar-refractivity contribution >= 4 is 10.0 Å². The maximum Gasteiger partial charge on any atom is 0.333 e. The van der Waals surface area contributed by atoms with Crippen molar-refractivity contribution in [2.24, 2.45) is 0 Å². The molecule has 0 bridgehead atoms. The first-order valence-electron chi connectivity index (χ1n) is 7.48. The summed E-state index contributed by atoms with van der Waals surface area (Å²) in [5.74, 6) is 0. The van der Waals surface area contributed by atoms with Crippen molar-refractivity contribution < 1.29 is 17.2 Å². The van der Waals surface area contributed by atoms with Gasteiger partial charge in [0.25, 0.3) is 0 Å². The standard InChI is InChI=1S/C14H21F2N5O2S/c1-9-7-11(3)21(18-9)10(2)5-6-17-24(22,23)13-8-20(14(15)16)19-12(13)4/h7-8,10,14,17H,5-6H2,1-4H3. The molecular weight excluding hydrogens is 340 g/mol. The zero-order chi connectivity index (χ0) is 18.1. The molecule has 2 rings (SSSR count). The van der Waals surface area contributed by atoms with E-state index in [-0.39, 0.29) is 23.2 Å². The summed E-state index contributed by atoms with van der Waals surface area (Å²) >= 11 is 0. The third-order valence-electron chi connectivity index (χ3n) is 3.68. The van der Waals surface area contributed by atoms with Crippen molar-refractivity contribution in [2.75, 3.05) is 6.54 Å². The van der Waals surface area contributed by atoms with E-state index in [0.717, 1.165) is 17.6 Å². The number of hydrogen-bond acceptors (Lipinski definition) is 4. The second-order valence-electron chi connectivity index (χ2n) is 5.74. The summed E-state index contributed by atoms with van der Waals surface area (Å²) in [6, 6.07) is 1.95. The highest BCUT2D eigenvalue weighted by molar-refractivity contribution is 7.89. The van der Waals surface area contributed by atoms with Crippen LogP contribution in [0.2, 0.25) is 0 Å². The molecule has 2 heterocycles. The number of hydrogen-bond donors (Lipinski definition) is 1. The summed E-state index contributed by atoms with van der Waals surface area (Å²) in [5.41, 5.74) is 1.93. The van der Waals surface area contributed by atoms with Crippen LogP contribution < -0.4 is 4.72 Å². The van der Waals surface area contributed by atoms with Crippen LogP contribution in [0.3, 0.4) is 0 Å². The molecule has 0 aliphatic carbocycles. The molecule has 0 fully saturated rings. The summed E-state index contributed by atoms with van der Waals surface area (Å²) in [4.78, 5) is -0.235. The smallest absolute Gasteiger partial charge is 0.267 e. The third-order valence-corrected chi connectivity index (χ3v) is 5.24. The number of alkyl halides is 2. The SMILES string of the molecule is Cc1cc(C)n(C(C)CCNS(=O)(=O)c2cn(C(F)F)nc2C)n1. The van der Waals surface area contributed by atoms with E-state index in [1.54, 1.807) is 0 Å². The highest BCUT2D eigenvalue weighted by Gasteiger charge is 2.22. The summed E-state index contributed by atoms with van der Waals surface area (Å²) in [5, 5.41) is 7.88. The Labute approximate surface area is 139 Å². The van der Waals surface area contributed by atoms with E-state index < -0.39 is 16.6 Å². The van der Waals surface area contributed by atoms with Gasteiger partial charge in [0.05, 0.1) is 23.6 Å². The summed E-state index contributed by atoms with van der Waals surface area (Å²) < 4.78 is 54.3. The first kappa shape index (κ1) is 18.5. The average molecular weight is 361 g/mol. The van der Waals surface area contributed by atoms with E-state index in [0.29, 0.717) is 11.1 Å². The lowest BCUT2D eigenvalue weighted by Gasteiger charge is -2.14. The minimum absolute atomic E-state index is 0.00582. The fourth-order valence-electron chi connectivity index (χ4n) is 2.52. The van der Waals surface area contributed by atoms with E-state index >= 15 is 0 Å². The Bertz CT molecular complexity index is 813. The predicted molar refractivity (Wildman–Crippen MR) is 84.4 cm³/mol. The normalized spacial score (nSPS) is 13.6. The zero-order valence-corrected chi connectivity index (χ0v) is 14.8. The molecule has 0 spiro atoms. The van der Waals surface area contributed by atoms with Crippen molar-refractivity contribution in [2.45, 2.75) is 51.6 Å². The highest BCUT2D eigenvalue weighted by Crippen LogP contribution is 2.18. The van der Waals surface area contributed by atoms with Gasteiger partial charge in [-0.25, -0.2) is 17.8 Å². The van der Waals surface area contributed by atoms with Crippen LogP contribution in [0.15, 0.2) is 17.2 Å². The van der Waals surface area contributed by atoms with Gasteiger partial charge in [-0.1, -0.05) is 0 Å². The second kappa shape index (κ2) is 6.98. The summed E-state index contributed by atoms with van der Waals surface area (Å²) in [6.45, 7) is 4.44. The number of sulfonamides is 1. The molecule has 0 radical (unpaired) electrons. The Morgan fingerprint density at radius 1 is 1.25 bits per heavy atom. The molecule has 7 nitrogen and oxygen atoms in total. The monoisotopic (exact) mass is 361 g/mol. The fraction of sp³-hybridized carbons (Fsp3) is 0.571. The minimum Gasteiger partial charge on any atom is -0.267 e. The Balaban J connectivity index is 2.02. The van der Waals surface area contributed by atoms with Crippen molar-refractivity contribution in [3.8, 4) is 0 Å². The van der Waals surface area contributed by atoms with Crippen LogP contribution in [-0.4, -0.2) is 34.5 Å². The topological polar surface area (TPSA) is 81.8 Å². The van der Waals surface area contributed by atoms with Crippen molar-refractivity contribution in [3.63, 3.8) is 0 Å². The van der Waals surface area contributed by atoms with E-state index in [1.165, 1.54) is 6.92 Å². The van der Waals surface area contributed by atoms with E-state index in [9.17, 15) is 17.2 Å². The zero-order valence-electron chi connectivity index (χ0n) is 14.0. The highest BCUT2D eigenvalue weighted by atomic mass is 32.2. The lowest BCUT2D eigenvalue weighted by atomic mass is 10.2. The van der Waals surface area contributed by atoms with Crippen molar-refractivity contribution in [1.82, 2.24) is 24.3 Å². The largest absolute Gasteiger partial charge is 0.333 e. The van der Waals surface area contributed by atoms with Gasteiger partial charge in [0.1, 0.15) is 4.90 Å². The Kier molecular flexibility index (Phi) is 5.38. The van der Waals surface area contributed by atoms with Crippen molar-refractivity contribution in [3.05, 3.63) is 29.3 Å². The molecule has 134 valence electrons. The van der Waals surface area contributed by atoms with Crippen LogP contribution >= 0.6 is 0 Å². The number of rotatable bonds is 7. The molecule has 0 aromatic carbocycles. The number of halogens is 2. The first-order valence-corrected chi connectivity index (χ1v) is 8.96. The number of nitrogens with one attached hydrogen (secondary N) is 1. The number of aryl methyl sites for hydroxylation is 3. The van der Waals surface area contributed by atoms with Gasteiger partial charge in [-0.05, 0) is 40.2 Å². The van der Waals surface area contributed by atoms with E-state index in [2.05, 4.69) is 14.9 Å². The lowest BCUT2D eigenvalue weighted by molar-refractivity contribution is 0.0561. The van der Waals surface area contributed by atoms with Gasteiger partial charge in [-0.15, -0.1) is 0 Å². The van der Waals surface area contributed by atoms with Gasteiger partial charge >= 0.3 is 6.55 Å². The predicted octanol–water partition coefficient (Wildman–Crippen LogP) is 2.33. The average Bonchev–Trinajstić information content (AvgIpc) is 3.01. The molecule has 1 unspecified atom stereocenters. The maximum atomic E-state index is 12.6. The van der Waals surface area contributed by atoms with Crippen LogP contribution in [0.4, 0.5) is 8.78 Å². The van der Waals surface area contributed by atoms with Crippen LogP contribution in [0.25, 0.3) is 0 Å². The van der Waals surface area contributed by atoms with Gasteiger partial charge in [0.15, 0.2) is 0 Å². The van der Waals surface area contributed by atoms with E-state index in [4.69, 9.17) is 0 Å². The van der Waals surface area contributed by atoms with Gasteiger partial charge in [-0.3, -0.25) is 4.68 Å². The minimum atomic E-state index is -3.88. The third kappa shape index (κ3) is 3.99. The maximum absolute atomic E-state index is 12.6. The van der Waals surface area contributed by atoms with Crippen LogP contribution in [-0.2, 0) is 10.0 Å². The molecular formula is C14H21F2N5O2S. The molecule has 2 aromatic heterocycles. The first-order chi connectivity index (χ1) is 11.1. The van der Waals surface area contributed by atoms with Crippen molar-refractivity contribution in [1.29, 1.82) is 0 Å². The van der Waals surface area contributed by atoms with E-state index in [1.807, 2.05) is 31.5 Å². The van der Waals surface area contributed by atoms with Gasteiger partial charge in [0.2, 0.25) is 10.0 Å². The van der Waals surface area contributed by atoms with Gasteiger partial charge < -0.3 is 0 Å². The number of nitrogens with zero attached hydrogens (tertiary/aromatic N) is 4. The molecule has 2 aromatic rings. The molecule has 1 atom stereocenters. The van der Waals surface area contributed by atoms with Gasteiger partial charge in [-0.2, -0.15) is 19.0 Å². The summed E-state index contributed by atoms with van der Waals surface area (Å²) in [6.07, 6.45) is 1.36. The van der Waals surface area contributed by atoms with Crippen LogP contribution in [0.1, 0.15) is 43.0 Å². The Hall–Kier alpha value is -1.81. The Morgan fingerprint density at radius 2 is 1.92 bits per heavy atom. The van der Waals surface area contributed by atoms with Gasteiger partial charge in [0, 0.05) is 12.2 Å². The summed E-state index contributed by atoms with van der Waals surface area (Å²) in [7, 11) is -3.88. The van der Waals surface area contributed by atoms with Crippen LogP contribution in [0, 0.1) is 20.8 Å². The van der Waals surface area contributed by atoms with Crippen LogP contribution in [0.5, 0.6) is 0 Å².